The van der Waals surface area contributed by atoms with Crippen LogP contribution in [0.25, 0.3) is 0 Å². The van der Waals surface area contributed by atoms with E-state index in [4.69, 9.17) is 17.3 Å². The van der Waals surface area contributed by atoms with Gasteiger partial charge in [0.05, 0.1) is 16.1 Å². The average molecular weight is 311 g/mol. The van der Waals surface area contributed by atoms with Gasteiger partial charge in [-0.25, -0.2) is 9.37 Å². The van der Waals surface area contributed by atoms with Crippen molar-refractivity contribution in [3.63, 3.8) is 0 Å². The van der Waals surface area contributed by atoms with Crippen LogP contribution in [0.15, 0.2) is 30.5 Å². The summed E-state index contributed by atoms with van der Waals surface area (Å²) in [5.74, 6) is -1.14. The highest BCUT2D eigenvalue weighted by Gasteiger charge is 2.19. The van der Waals surface area contributed by atoms with E-state index in [0.717, 1.165) is 18.3 Å². The number of carbonyl (C=O) groups excluding carboxylic acids is 1. The molecule has 1 aromatic heterocycles. The van der Waals surface area contributed by atoms with E-state index in [2.05, 4.69) is 10.3 Å². The number of hydrogen-bond acceptors (Lipinski definition) is 5. The lowest BCUT2D eigenvalue weighted by atomic mass is 10.1. The van der Waals surface area contributed by atoms with Crippen molar-refractivity contribution >= 4 is 34.7 Å². The van der Waals surface area contributed by atoms with Crippen molar-refractivity contribution in [2.24, 2.45) is 0 Å². The van der Waals surface area contributed by atoms with Gasteiger partial charge >= 0.3 is 0 Å². The summed E-state index contributed by atoms with van der Waals surface area (Å²) in [4.78, 5) is 25.7. The van der Waals surface area contributed by atoms with Crippen LogP contribution in [0.4, 0.5) is 21.6 Å². The molecule has 0 aliphatic heterocycles. The summed E-state index contributed by atoms with van der Waals surface area (Å²) in [6, 6.07) is 4.56. The fraction of sp³-hybridized carbons (Fsp3) is 0. The van der Waals surface area contributed by atoms with E-state index >= 15 is 0 Å². The third-order valence-corrected chi connectivity index (χ3v) is 2.85. The third kappa shape index (κ3) is 3.23. The van der Waals surface area contributed by atoms with E-state index in [1.54, 1.807) is 0 Å². The van der Waals surface area contributed by atoms with Gasteiger partial charge in [-0.2, -0.15) is 0 Å². The number of nitrogens with zero attached hydrogens (tertiary/aromatic N) is 2. The van der Waals surface area contributed by atoms with Gasteiger partial charge in [0.25, 0.3) is 11.6 Å². The first kappa shape index (κ1) is 14.7. The molecule has 1 heterocycles. The second-order valence-corrected chi connectivity index (χ2v) is 4.37. The number of halogens is 2. The Hall–Kier alpha value is -2.74. The van der Waals surface area contributed by atoms with Gasteiger partial charge in [0.1, 0.15) is 17.3 Å². The topological polar surface area (TPSA) is 111 Å². The summed E-state index contributed by atoms with van der Waals surface area (Å²) in [6.45, 7) is 0. The number of benzene rings is 1. The number of rotatable bonds is 3. The molecule has 21 heavy (non-hydrogen) atoms. The van der Waals surface area contributed by atoms with Crippen molar-refractivity contribution in [3.8, 4) is 0 Å². The maximum atomic E-state index is 12.7. The van der Waals surface area contributed by atoms with E-state index < -0.39 is 22.3 Å². The zero-order chi connectivity index (χ0) is 15.6. The van der Waals surface area contributed by atoms with Gasteiger partial charge < -0.3 is 11.1 Å². The van der Waals surface area contributed by atoms with Crippen LogP contribution < -0.4 is 11.1 Å². The van der Waals surface area contributed by atoms with Gasteiger partial charge in [0.2, 0.25) is 0 Å². The second-order valence-electron chi connectivity index (χ2n) is 3.96. The molecule has 0 unspecified atom stereocenters. The van der Waals surface area contributed by atoms with Gasteiger partial charge in [-0.1, -0.05) is 11.6 Å². The summed E-state index contributed by atoms with van der Waals surface area (Å²) in [6.07, 6.45) is 0.925. The largest absolute Gasteiger partial charge is 0.392 e. The predicted molar refractivity (Wildman–Crippen MR) is 74.7 cm³/mol. The Bertz CT molecular complexity index is 721. The lowest BCUT2D eigenvalue weighted by molar-refractivity contribution is -0.383. The molecule has 0 atom stereocenters. The minimum atomic E-state index is -0.742. The number of hydrogen-bond donors (Lipinski definition) is 2. The number of nitro groups is 1. The maximum Gasteiger partial charge on any atom is 0.294 e. The maximum absolute atomic E-state index is 12.7. The highest BCUT2D eigenvalue weighted by atomic mass is 35.5. The molecular formula is C12H8ClFN4O3. The standard InChI is InChI=1S/C12H8ClFN4O3/c13-8-3-6(4-9(11(8)15)18(20)21)12(19)17-10-2-1-7(14)5-16-10/h1-5H,15H2,(H,16,17,19). The van der Waals surface area contributed by atoms with Crippen molar-refractivity contribution in [1.29, 1.82) is 0 Å². The van der Waals surface area contributed by atoms with Crippen LogP contribution in [0.1, 0.15) is 10.4 Å². The van der Waals surface area contributed by atoms with Crippen molar-refractivity contribution in [3.05, 3.63) is 57.0 Å². The molecule has 0 bridgehead atoms. The number of nitrogens with one attached hydrogen (secondary N) is 1. The monoisotopic (exact) mass is 310 g/mol. The number of anilines is 2. The summed E-state index contributed by atoms with van der Waals surface area (Å²) in [5.41, 5.74) is 4.70. The van der Waals surface area contributed by atoms with Crippen LogP contribution in [-0.2, 0) is 0 Å². The molecule has 1 aromatic carbocycles. The van der Waals surface area contributed by atoms with E-state index in [0.29, 0.717) is 0 Å². The molecule has 9 heteroatoms. The molecule has 0 saturated carbocycles. The van der Waals surface area contributed by atoms with Crippen molar-refractivity contribution in [2.45, 2.75) is 0 Å². The molecule has 2 aromatic rings. The number of carbonyl (C=O) groups is 1. The number of aromatic nitrogens is 1. The highest BCUT2D eigenvalue weighted by Crippen LogP contribution is 2.31. The first-order valence-corrected chi connectivity index (χ1v) is 5.92. The second kappa shape index (κ2) is 5.71. The molecule has 3 N–H and O–H groups in total. The number of nitrogen functional groups attached to an aromatic ring is 1. The van der Waals surface area contributed by atoms with Crippen LogP contribution in [0.3, 0.4) is 0 Å². The van der Waals surface area contributed by atoms with Crippen LogP contribution in [0.2, 0.25) is 5.02 Å². The average Bonchev–Trinajstić information content (AvgIpc) is 2.43. The SMILES string of the molecule is Nc1c(Cl)cc(C(=O)Nc2ccc(F)cn2)cc1[N+](=O)[O-]. The molecule has 2 rings (SSSR count). The van der Waals surface area contributed by atoms with Gasteiger partial charge in [-0.15, -0.1) is 0 Å². The minimum Gasteiger partial charge on any atom is -0.392 e. The fourth-order valence-corrected chi connectivity index (χ4v) is 1.74. The summed E-state index contributed by atoms with van der Waals surface area (Å²) in [5, 5.41) is 13.1. The molecule has 0 aliphatic carbocycles. The highest BCUT2D eigenvalue weighted by molar-refractivity contribution is 6.34. The minimum absolute atomic E-state index is 0.0629. The molecule has 0 saturated heterocycles. The van der Waals surface area contributed by atoms with Crippen molar-refractivity contribution in [2.75, 3.05) is 11.1 Å². The Balaban J connectivity index is 2.31. The fourth-order valence-electron chi connectivity index (χ4n) is 1.52. The molecule has 0 spiro atoms. The van der Waals surface area contributed by atoms with Gasteiger partial charge in [0, 0.05) is 11.6 Å². The molecule has 108 valence electrons. The van der Waals surface area contributed by atoms with Crippen molar-refractivity contribution in [1.82, 2.24) is 4.98 Å². The number of nitrogens with two attached hydrogens (primary N) is 1. The van der Waals surface area contributed by atoms with E-state index in [9.17, 15) is 19.3 Å². The van der Waals surface area contributed by atoms with E-state index in [1.165, 1.54) is 12.1 Å². The number of nitro benzene ring substituents is 1. The Morgan fingerprint density at radius 2 is 2.14 bits per heavy atom. The Kier molecular flexibility index (Phi) is 3.99. The van der Waals surface area contributed by atoms with Gasteiger partial charge in [0.15, 0.2) is 0 Å². The molecule has 1 amide bonds. The molecule has 0 radical (unpaired) electrons. The summed E-state index contributed by atoms with van der Waals surface area (Å²) < 4.78 is 12.7. The van der Waals surface area contributed by atoms with E-state index in [-0.39, 0.29) is 22.1 Å². The first-order chi connectivity index (χ1) is 9.88. The predicted octanol–water partition coefficient (Wildman–Crippen LogP) is 2.62. The van der Waals surface area contributed by atoms with Crippen LogP contribution >= 0.6 is 11.6 Å². The van der Waals surface area contributed by atoms with Crippen LogP contribution in [0.5, 0.6) is 0 Å². The summed E-state index contributed by atoms with van der Waals surface area (Å²) in [7, 11) is 0. The molecular weight excluding hydrogens is 303 g/mol. The van der Waals surface area contributed by atoms with Gasteiger partial charge in [-0.3, -0.25) is 14.9 Å². The Morgan fingerprint density at radius 3 is 2.71 bits per heavy atom. The Labute approximate surface area is 122 Å². The van der Waals surface area contributed by atoms with Gasteiger partial charge in [-0.05, 0) is 18.2 Å². The smallest absolute Gasteiger partial charge is 0.294 e. The van der Waals surface area contributed by atoms with E-state index in [1.807, 2.05) is 0 Å². The first-order valence-electron chi connectivity index (χ1n) is 5.55. The summed E-state index contributed by atoms with van der Waals surface area (Å²) >= 11 is 5.76. The van der Waals surface area contributed by atoms with Crippen LogP contribution in [-0.4, -0.2) is 15.8 Å². The Morgan fingerprint density at radius 1 is 1.43 bits per heavy atom. The molecule has 0 fully saturated rings. The normalized spacial score (nSPS) is 10.2. The molecule has 0 aliphatic rings. The van der Waals surface area contributed by atoms with Crippen molar-refractivity contribution < 1.29 is 14.1 Å². The lowest BCUT2D eigenvalue weighted by Crippen LogP contribution is -2.13. The molecule has 7 nitrogen and oxygen atoms in total. The van der Waals surface area contributed by atoms with Crippen LogP contribution in [0, 0.1) is 15.9 Å². The zero-order valence-corrected chi connectivity index (χ0v) is 11.1. The zero-order valence-electron chi connectivity index (χ0n) is 10.3. The lowest BCUT2D eigenvalue weighted by Gasteiger charge is -2.06. The third-order valence-electron chi connectivity index (χ3n) is 2.54. The number of pyridine rings is 1. The quantitative estimate of drug-likeness (QED) is 0.514. The number of amides is 1.